The topological polar surface area (TPSA) is 0 Å². The maximum absolute atomic E-state index is 3.49. The Labute approximate surface area is 104 Å². The van der Waals surface area contributed by atoms with Gasteiger partial charge in [-0.1, -0.05) is 15.9 Å². The van der Waals surface area contributed by atoms with Gasteiger partial charge in [0, 0.05) is 18.5 Å². The number of aryl methyl sites for hydroxylation is 1. The second kappa shape index (κ2) is 3.87. The van der Waals surface area contributed by atoms with E-state index in [1.807, 2.05) is 11.3 Å². The normalized spacial score (nSPS) is 11.0. The van der Waals surface area contributed by atoms with E-state index in [0.717, 1.165) is 5.33 Å². The number of alkyl halides is 1. The molecule has 13 heavy (non-hydrogen) atoms. The molecule has 0 aliphatic carbocycles. The lowest BCUT2D eigenvalue weighted by Gasteiger charge is -1.96. The lowest BCUT2D eigenvalue weighted by molar-refractivity contribution is 1.51. The van der Waals surface area contributed by atoms with Gasteiger partial charge >= 0.3 is 0 Å². The Kier molecular flexibility index (Phi) is 2.95. The van der Waals surface area contributed by atoms with Crippen LogP contribution in [0.2, 0.25) is 0 Å². The smallest absolute Gasteiger partial charge is 0.0377 e. The van der Waals surface area contributed by atoms with Crippen LogP contribution in [0.4, 0.5) is 0 Å². The third-order valence-corrected chi connectivity index (χ3v) is 4.67. The standard InChI is InChI=1S/C10H8BrIS/c1-6-2-7(12)3-10-9(6)4-8(5-11)13-10/h2-4H,5H2,1H3. The molecule has 3 heteroatoms. The second-order valence-corrected chi connectivity index (χ2v) is 5.96. The van der Waals surface area contributed by atoms with Crippen LogP contribution >= 0.6 is 49.9 Å². The summed E-state index contributed by atoms with van der Waals surface area (Å²) < 4.78 is 2.73. The quantitative estimate of drug-likeness (QED) is 0.506. The van der Waals surface area contributed by atoms with E-state index in [2.05, 4.69) is 63.6 Å². The van der Waals surface area contributed by atoms with Crippen molar-refractivity contribution in [2.24, 2.45) is 0 Å². The van der Waals surface area contributed by atoms with E-state index in [1.54, 1.807) is 0 Å². The third kappa shape index (κ3) is 1.92. The average molecular weight is 367 g/mol. The largest absolute Gasteiger partial charge is 0.139 e. The molecule has 0 unspecified atom stereocenters. The molecule has 0 atom stereocenters. The minimum Gasteiger partial charge on any atom is -0.139 e. The zero-order valence-electron chi connectivity index (χ0n) is 7.10. The van der Waals surface area contributed by atoms with Crippen LogP contribution in [-0.2, 0) is 5.33 Å². The number of thiophene rings is 1. The first-order valence-corrected chi connectivity index (χ1v) is 6.97. The zero-order valence-corrected chi connectivity index (χ0v) is 11.7. The van der Waals surface area contributed by atoms with Crippen LogP contribution in [0.1, 0.15) is 10.4 Å². The van der Waals surface area contributed by atoms with Crippen molar-refractivity contribution >= 4 is 59.9 Å². The van der Waals surface area contributed by atoms with Crippen LogP contribution in [0.5, 0.6) is 0 Å². The third-order valence-electron chi connectivity index (χ3n) is 1.99. The van der Waals surface area contributed by atoms with E-state index >= 15 is 0 Å². The van der Waals surface area contributed by atoms with Crippen LogP contribution in [-0.4, -0.2) is 0 Å². The van der Waals surface area contributed by atoms with Crippen molar-refractivity contribution in [1.82, 2.24) is 0 Å². The van der Waals surface area contributed by atoms with E-state index in [-0.39, 0.29) is 0 Å². The van der Waals surface area contributed by atoms with Gasteiger partial charge in [0.1, 0.15) is 0 Å². The van der Waals surface area contributed by atoms with Crippen molar-refractivity contribution in [1.29, 1.82) is 0 Å². The molecule has 0 spiro atoms. The Morgan fingerprint density at radius 3 is 2.85 bits per heavy atom. The molecule has 1 aromatic heterocycles. The van der Waals surface area contributed by atoms with Crippen molar-refractivity contribution in [2.45, 2.75) is 12.3 Å². The maximum atomic E-state index is 3.49. The Bertz CT molecular complexity index is 447. The molecule has 0 amide bonds. The van der Waals surface area contributed by atoms with Crippen LogP contribution in [0, 0.1) is 10.5 Å². The van der Waals surface area contributed by atoms with Gasteiger partial charge in [0.15, 0.2) is 0 Å². The number of rotatable bonds is 1. The molecule has 2 aromatic rings. The minimum atomic E-state index is 0.961. The highest BCUT2D eigenvalue weighted by Gasteiger charge is 2.04. The Morgan fingerprint density at radius 1 is 1.38 bits per heavy atom. The van der Waals surface area contributed by atoms with Gasteiger partial charge in [0.2, 0.25) is 0 Å². The molecule has 0 fully saturated rings. The summed E-state index contributed by atoms with van der Waals surface area (Å²) >= 11 is 7.73. The molecule has 0 saturated carbocycles. The molecular formula is C10H8BrIS. The van der Waals surface area contributed by atoms with Crippen LogP contribution in [0.15, 0.2) is 18.2 Å². The van der Waals surface area contributed by atoms with Crippen LogP contribution in [0.3, 0.4) is 0 Å². The summed E-state index contributed by atoms with van der Waals surface area (Å²) in [4.78, 5) is 1.40. The number of benzene rings is 1. The first-order chi connectivity index (χ1) is 6.20. The summed E-state index contributed by atoms with van der Waals surface area (Å²) in [7, 11) is 0. The number of hydrogen-bond acceptors (Lipinski definition) is 1. The van der Waals surface area contributed by atoms with E-state index in [4.69, 9.17) is 0 Å². The van der Waals surface area contributed by atoms with Gasteiger partial charge in [0.05, 0.1) is 0 Å². The molecular weight excluding hydrogens is 359 g/mol. The summed E-state index contributed by atoms with van der Waals surface area (Å²) in [6, 6.07) is 6.76. The van der Waals surface area contributed by atoms with Gasteiger partial charge in [-0.25, -0.2) is 0 Å². The molecule has 0 nitrogen and oxygen atoms in total. The maximum Gasteiger partial charge on any atom is 0.0377 e. The Hall–Kier alpha value is 0.390. The molecule has 2 rings (SSSR count). The fraction of sp³-hybridized carbons (Fsp3) is 0.200. The first-order valence-electron chi connectivity index (χ1n) is 3.95. The number of hydrogen-bond donors (Lipinski definition) is 0. The number of fused-ring (bicyclic) bond motifs is 1. The molecule has 0 radical (unpaired) electrons. The fourth-order valence-electron chi connectivity index (χ4n) is 1.39. The van der Waals surface area contributed by atoms with Crippen molar-refractivity contribution in [3.05, 3.63) is 32.2 Å². The predicted molar refractivity (Wildman–Crippen MR) is 71.9 cm³/mol. The first kappa shape index (κ1) is 9.93. The molecule has 68 valence electrons. The second-order valence-electron chi connectivity index (χ2n) is 2.98. The lowest BCUT2D eigenvalue weighted by atomic mass is 10.1. The van der Waals surface area contributed by atoms with E-state index in [0.29, 0.717) is 0 Å². The summed E-state index contributed by atoms with van der Waals surface area (Å²) in [5.74, 6) is 0. The molecule has 0 aliphatic rings. The highest BCUT2D eigenvalue weighted by Crippen LogP contribution is 2.30. The molecule has 0 aliphatic heterocycles. The van der Waals surface area contributed by atoms with Crippen molar-refractivity contribution in [3.63, 3.8) is 0 Å². The summed E-state index contributed by atoms with van der Waals surface area (Å²) in [6.07, 6.45) is 0. The zero-order chi connectivity index (χ0) is 9.42. The van der Waals surface area contributed by atoms with E-state index < -0.39 is 0 Å². The predicted octanol–water partition coefficient (Wildman–Crippen LogP) is 4.71. The SMILES string of the molecule is Cc1cc(I)cc2sc(CBr)cc12. The van der Waals surface area contributed by atoms with Crippen LogP contribution in [0.25, 0.3) is 10.1 Å². The van der Waals surface area contributed by atoms with Gasteiger partial charge in [-0.05, 0) is 58.7 Å². The summed E-state index contributed by atoms with van der Waals surface area (Å²) in [5, 5.41) is 2.36. The Balaban J connectivity index is 2.75. The number of halogens is 2. The molecule has 1 heterocycles. The van der Waals surface area contributed by atoms with Crippen molar-refractivity contribution < 1.29 is 0 Å². The highest BCUT2D eigenvalue weighted by atomic mass is 127. The van der Waals surface area contributed by atoms with Crippen molar-refractivity contribution in [3.8, 4) is 0 Å². The van der Waals surface area contributed by atoms with E-state index in [9.17, 15) is 0 Å². The molecule has 1 aromatic carbocycles. The van der Waals surface area contributed by atoms with Crippen molar-refractivity contribution in [2.75, 3.05) is 0 Å². The highest BCUT2D eigenvalue weighted by molar-refractivity contribution is 14.1. The van der Waals surface area contributed by atoms with Crippen LogP contribution < -0.4 is 0 Å². The molecule has 0 saturated heterocycles. The molecule has 0 N–H and O–H groups in total. The van der Waals surface area contributed by atoms with Gasteiger partial charge in [0.25, 0.3) is 0 Å². The fourth-order valence-corrected chi connectivity index (χ4v) is 3.92. The monoisotopic (exact) mass is 366 g/mol. The van der Waals surface area contributed by atoms with Gasteiger partial charge in [-0.3, -0.25) is 0 Å². The average Bonchev–Trinajstić information content (AvgIpc) is 2.47. The summed E-state index contributed by atoms with van der Waals surface area (Å²) in [5.41, 5.74) is 1.38. The lowest BCUT2D eigenvalue weighted by Crippen LogP contribution is -1.75. The van der Waals surface area contributed by atoms with Gasteiger partial charge < -0.3 is 0 Å². The Morgan fingerprint density at radius 2 is 2.15 bits per heavy atom. The van der Waals surface area contributed by atoms with E-state index in [1.165, 1.54) is 24.1 Å². The molecule has 0 bridgehead atoms. The minimum absolute atomic E-state index is 0.961. The van der Waals surface area contributed by atoms with Gasteiger partial charge in [-0.15, -0.1) is 11.3 Å². The summed E-state index contributed by atoms with van der Waals surface area (Å²) in [6.45, 7) is 2.18. The van der Waals surface area contributed by atoms with Gasteiger partial charge in [-0.2, -0.15) is 0 Å².